The third-order valence-corrected chi connectivity index (χ3v) is 4.34. The third-order valence-electron chi connectivity index (χ3n) is 3.52. The van der Waals surface area contributed by atoms with E-state index in [-0.39, 0.29) is 5.41 Å². The maximum absolute atomic E-state index is 11.4. The molecule has 0 aromatic heterocycles. The molecule has 3 heteroatoms. The van der Waals surface area contributed by atoms with Crippen LogP contribution >= 0.6 is 15.9 Å². The number of carboxylic acid groups (broad SMARTS) is 1. The molecule has 2 aromatic rings. The van der Waals surface area contributed by atoms with E-state index >= 15 is 0 Å². The summed E-state index contributed by atoms with van der Waals surface area (Å²) in [6.45, 7) is 8.43. The van der Waals surface area contributed by atoms with Crippen LogP contribution in [0.1, 0.15) is 42.3 Å². The highest BCUT2D eigenvalue weighted by molar-refractivity contribution is 9.10. The second-order valence-corrected chi connectivity index (χ2v) is 7.06. The first kappa shape index (κ1) is 15.8. The van der Waals surface area contributed by atoms with Gasteiger partial charge < -0.3 is 5.11 Å². The molecule has 0 heterocycles. The molecule has 2 nitrogen and oxygen atoms in total. The van der Waals surface area contributed by atoms with Crippen LogP contribution in [-0.2, 0) is 5.41 Å². The molecule has 0 aliphatic carbocycles. The minimum Gasteiger partial charge on any atom is -0.478 e. The summed E-state index contributed by atoms with van der Waals surface area (Å²) >= 11 is 3.50. The van der Waals surface area contributed by atoms with Crippen LogP contribution < -0.4 is 0 Å². The molecule has 0 fully saturated rings. The molecule has 0 bridgehead atoms. The second-order valence-electron chi connectivity index (χ2n) is 6.27. The molecule has 0 amide bonds. The normalized spacial score (nSPS) is 11.5. The van der Waals surface area contributed by atoms with Gasteiger partial charge in [0.05, 0.1) is 5.56 Å². The first-order chi connectivity index (χ1) is 9.71. The van der Waals surface area contributed by atoms with Crippen molar-refractivity contribution in [3.63, 3.8) is 0 Å². The molecule has 2 aromatic carbocycles. The van der Waals surface area contributed by atoms with Crippen molar-refractivity contribution in [2.75, 3.05) is 0 Å². The van der Waals surface area contributed by atoms with Crippen LogP contribution in [0.3, 0.4) is 0 Å². The van der Waals surface area contributed by atoms with Crippen LogP contribution in [0.5, 0.6) is 0 Å². The first-order valence-corrected chi connectivity index (χ1v) is 7.64. The number of carbonyl (C=O) groups is 1. The Bertz CT molecular complexity index is 680. The number of benzene rings is 2. The topological polar surface area (TPSA) is 37.3 Å². The quantitative estimate of drug-likeness (QED) is 0.788. The molecule has 0 saturated carbocycles. The molecule has 2 rings (SSSR count). The van der Waals surface area contributed by atoms with E-state index < -0.39 is 5.97 Å². The lowest BCUT2D eigenvalue weighted by Crippen LogP contribution is -2.14. The van der Waals surface area contributed by atoms with Crippen molar-refractivity contribution >= 4 is 21.9 Å². The van der Waals surface area contributed by atoms with Crippen molar-refractivity contribution in [1.82, 2.24) is 0 Å². The SMILES string of the molecule is Cc1ccc(-c2c(C(C)(C)C)ccc(C(=O)O)c2Br)cc1. The monoisotopic (exact) mass is 346 g/mol. The first-order valence-electron chi connectivity index (χ1n) is 6.85. The van der Waals surface area contributed by atoms with Gasteiger partial charge in [0.2, 0.25) is 0 Å². The van der Waals surface area contributed by atoms with Crippen LogP contribution in [0.25, 0.3) is 11.1 Å². The fourth-order valence-electron chi connectivity index (χ4n) is 2.37. The predicted molar refractivity (Wildman–Crippen MR) is 90.0 cm³/mol. The van der Waals surface area contributed by atoms with Crippen molar-refractivity contribution in [3.8, 4) is 11.1 Å². The van der Waals surface area contributed by atoms with Crippen molar-refractivity contribution < 1.29 is 9.90 Å². The van der Waals surface area contributed by atoms with Gasteiger partial charge in [0.15, 0.2) is 0 Å². The fourth-order valence-corrected chi connectivity index (χ4v) is 3.11. The predicted octanol–water partition coefficient (Wildman–Crippen LogP) is 5.42. The highest BCUT2D eigenvalue weighted by Crippen LogP contribution is 2.40. The Morgan fingerprint density at radius 3 is 2.10 bits per heavy atom. The summed E-state index contributed by atoms with van der Waals surface area (Å²) in [5, 5.41) is 9.34. The summed E-state index contributed by atoms with van der Waals surface area (Å²) in [5.41, 5.74) is 4.52. The number of hydrogen-bond donors (Lipinski definition) is 1. The Morgan fingerprint density at radius 1 is 1.05 bits per heavy atom. The van der Waals surface area contributed by atoms with Crippen LogP contribution in [0.15, 0.2) is 40.9 Å². The molecule has 0 spiro atoms. The Kier molecular flexibility index (Phi) is 4.24. The van der Waals surface area contributed by atoms with Gasteiger partial charge in [0, 0.05) is 10.0 Å². The zero-order valence-corrected chi connectivity index (χ0v) is 14.3. The molecule has 110 valence electrons. The lowest BCUT2D eigenvalue weighted by Gasteiger charge is -2.25. The Hall–Kier alpha value is -1.61. The largest absolute Gasteiger partial charge is 0.478 e. The minimum atomic E-state index is -0.921. The highest BCUT2D eigenvalue weighted by Gasteiger charge is 2.24. The zero-order chi connectivity index (χ0) is 15.8. The van der Waals surface area contributed by atoms with E-state index in [1.165, 1.54) is 5.56 Å². The lowest BCUT2D eigenvalue weighted by molar-refractivity contribution is 0.0696. The summed E-state index contributed by atoms with van der Waals surface area (Å²) in [6.07, 6.45) is 0. The van der Waals surface area contributed by atoms with Gasteiger partial charge in [-0.1, -0.05) is 56.7 Å². The Balaban J connectivity index is 2.78. The molecule has 0 aliphatic heterocycles. The number of aromatic carboxylic acids is 1. The van der Waals surface area contributed by atoms with Crippen LogP contribution in [0, 0.1) is 6.92 Å². The van der Waals surface area contributed by atoms with Gasteiger partial charge in [-0.2, -0.15) is 0 Å². The van der Waals surface area contributed by atoms with E-state index in [1.54, 1.807) is 6.07 Å². The molecular weight excluding hydrogens is 328 g/mol. The van der Waals surface area contributed by atoms with Gasteiger partial charge in [0.1, 0.15) is 0 Å². The summed E-state index contributed by atoms with van der Waals surface area (Å²) in [5.74, 6) is -0.921. The molecule has 0 unspecified atom stereocenters. The molecule has 0 radical (unpaired) electrons. The minimum absolute atomic E-state index is 0.0697. The van der Waals surface area contributed by atoms with Gasteiger partial charge in [-0.3, -0.25) is 0 Å². The summed E-state index contributed by atoms with van der Waals surface area (Å²) in [6, 6.07) is 11.8. The summed E-state index contributed by atoms with van der Waals surface area (Å²) < 4.78 is 0.645. The number of hydrogen-bond acceptors (Lipinski definition) is 1. The third kappa shape index (κ3) is 3.18. The van der Waals surface area contributed by atoms with Gasteiger partial charge in [-0.05, 0) is 45.5 Å². The van der Waals surface area contributed by atoms with E-state index in [0.29, 0.717) is 10.0 Å². The number of aryl methyl sites for hydroxylation is 1. The Labute approximate surface area is 134 Å². The van der Waals surface area contributed by atoms with E-state index in [9.17, 15) is 9.90 Å². The van der Waals surface area contributed by atoms with Crippen molar-refractivity contribution in [2.45, 2.75) is 33.1 Å². The zero-order valence-electron chi connectivity index (χ0n) is 12.7. The maximum atomic E-state index is 11.4. The van der Waals surface area contributed by atoms with Gasteiger partial charge in [-0.25, -0.2) is 4.79 Å². The molecule has 0 atom stereocenters. The van der Waals surface area contributed by atoms with Gasteiger partial charge >= 0.3 is 5.97 Å². The van der Waals surface area contributed by atoms with Crippen molar-refractivity contribution in [3.05, 3.63) is 57.6 Å². The number of carboxylic acids is 1. The van der Waals surface area contributed by atoms with Gasteiger partial charge in [0.25, 0.3) is 0 Å². The number of rotatable bonds is 2. The lowest BCUT2D eigenvalue weighted by atomic mass is 9.81. The van der Waals surface area contributed by atoms with E-state index in [1.807, 2.05) is 37.3 Å². The average molecular weight is 347 g/mol. The second kappa shape index (κ2) is 5.64. The Morgan fingerprint density at radius 2 is 1.62 bits per heavy atom. The molecule has 21 heavy (non-hydrogen) atoms. The fraction of sp³-hybridized carbons (Fsp3) is 0.278. The van der Waals surface area contributed by atoms with E-state index in [2.05, 4.69) is 36.7 Å². The molecule has 0 saturated heterocycles. The van der Waals surface area contributed by atoms with E-state index in [4.69, 9.17) is 0 Å². The molecule has 1 N–H and O–H groups in total. The standard InChI is InChI=1S/C18H19BrO2/c1-11-5-7-12(8-6-11)15-14(18(2,3)4)10-9-13(16(15)19)17(20)21/h5-10H,1-4H3,(H,20,21). The number of halogens is 1. The molecule has 0 aliphatic rings. The van der Waals surface area contributed by atoms with Crippen molar-refractivity contribution in [1.29, 1.82) is 0 Å². The maximum Gasteiger partial charge on any atom is 0.336 e. The average Bonchev–Trinajstić information content (AvgIpc) is 2.38. The smallest absolute Gasteiger partial charge is 0.336 e. The van der Waals surface area contributed by atoms with Crippen molar-refractivity contribution in [2.24, 2.45) is 0 Å². The van der Waals surface area contributed by atoms with E-state index in [0.717, 1.165) is 16.7 Å². The molecular formula is C18H19BrO2. The van der Waals surface area contributed by atoms with Crippen LogP contribution in [0.2, 0.25) is 0 Å². The summed E-state index contributed by atoms with van der Waals surface area (Å²) in [4.78, 5) is 11.4. The van der Waals surface area contributed by atoms with Crippen LogP contribution in [0.4, 0.5) is 0 Å². The summed E-state index contributed by atoms with van der Waals surface area (Å²) in [7, 11) is 0. The van der Waals surface area contributed by atoms with Gasteiger partial charge in [-0.15, -0.1) is 0 Å². The van der Waals surface area contributed by atoms with Crippen LogP contribution in [-0.4, -0.2) is 11.1 Å². The highest BCUT2D eigenvalue weighted by atomic mass is 79.9.